The summed E-state index contributed by atoms with van der Waals surface area (Å²) in [6, 6.07) is 2.10. The second kappa shape index (κ2) is 4.79. The van der Waals surface area contributed by atoms with Gasteiger partial charge >= 0.3 is 6.08 Å². The second-order valence-electron chi connectivity index (χ2n) is 3.77. The lowest BCUT2D eigenvalue weighted by atomic mass is 10.1. The van der Waals surface area contributed by atoms with E-state index in [9.17, 15) is 4.39 Å². The van der Waals surface area contributed by atoms with Gasteiger partial charge in [0.1, 0.15) is 5.82 Å². The smallest absolute Gasteiger partial charge is 0.310 e. The topological polar surface area (TPSA) is 37.8 Å². The molecule has 0 spiro atoms. The van der Waals surface area contributed by atoms with Gasteiger partial charge in [-0.2, -0.15) is 21.1 Å². The highest BCUT2D eigenvalue weighted by molar-refractivity contribution is 7.99. The van der Waals surface area contributed by atoms with Crippen LogP contribution in [0.1, 0.15) is 19.8 Å². The minimum absolute atomic E-state index is 0.403. The molecule has 2 rings (SSSR count). The van der Waals surface area contributed by atoms with Gasteiger partial charge in [-0.1, -0.05) is 6.92 Å². The van der Waals surface area contributed by atoms with Crippen molar-refractivity contribution in [3.05, 3.63) is 18.3 Å². The van der Waals surface area contributed by atoms with Gasteiger partial charge in [0, 0.05) is 23.2 Å². The molecule has 0 bridgehead atoms. The molecular weight excluding hydrogens is 213 g/mol. The zero-order chi connectivity index (χ0) is 10.7. The Morgan fingerprint density at radius 3 is 3.07 bits per heavy atom. The van der Waals surface area contributed by atoms with E-state index in [0.717, 1.165) is 17.4 Å². The maximum absolute atomic E-state index is 12.7. The summed E-state index contributed by atoms with van der Waals surface area (Å²) in [7, 11) is 0. The van der Waals surface area contributed by atoms with E-state index in [-0.39, 0.29) is 0 Å². The van der Waals surface area contributed by atoms with Crippen molar-refractivity contribution in [2.75, 3.05) is 11.1 Å². The van der Waals surface area contributed by atoms with Crippen LogP contribution in [0.4, 0.5) is 10.2 Å². The van der Waals surface area contributed by atoms with Crippen LogP contribution in [0.3, 0.4) is 0 Å². The standard InChI is InChI=1S/C10H14FN3S/c1-7-2-3-8(6-15-7)13-9-4-5-12-10(11)14-9/h4-5,7-8H,2-3,6H2,1H3,(H,12,13,14). The number of nitrogens with one attached hydrogen (secondary N) is 1. The van der Waals surface area contributed by atoms with Gasteiger partial charge in [0.2, 0.25) is 0 Å². The molecule has 3 nitrogen and oxygen atoms in total. The molecule has 1 aromatic heterocycles. The Morgan fingerprint density at radius 1 is 1.53 bits per heavy atom. The largest absolute Gasteiger partial charge is 0.366 e. The van der Waals surface area contributed by atoms with E-state index in [1.165, 1.54) is 12.6 Å². The minimum atomic E-state index is -0.670. The van der Waals surface area contributed by atoms with Crippen molar-refractivity contribution < 1.29 is 4.39 Å². The van der Waals surface area contributed by atoms with Crippen molar-refractivity contribution in [3.8, 4) is 0 Å². The van der Waals surface area contributed by atoms with E-state index in [1.807, 2.05) is 11.8 Å². The number of hydrogen-bond acceptors (Lipinski definition) is 4. The molecule has 1 N–H and O–H groups in total. The van der Waals surface area contributed by atoms with Gasteiger partial charge in [0.05, 0.1) is 0 Å². The molecule has 1 saturated heterocycles. The first-order valence-corrected chi connectivity index (χ1v) is 6.15. The third-order valence-corrected chi connectivity index (χ3v) is 3.88. The SMILES string of the molecule is CC1CCC(Nc2ccnc(F)n2)CS1. The number of halogens is 1. The average Bonchev–Trinajstić information content (AvgIpc) is 2.22. The van der Waals surface area contributed by atoms with Crippen molar-refractivity contribution in [1.82, 2.24) is 9.97 Å². The van der Waals surface area contributed by atoms with Crippen molar-refractivity contribution in [3.63, 3.8) is 0 Å². The van der Waals surface area contributed by atoms with Crippen LogP contribution in [-0.4, -0.2) is 27.0 Å². The lowest BCUT2D eigenvalue weighted by molar-refractivity contribution is 0.538. The molecule has 5 heteroatoms. The summed E-state index contributed by atoms with van der Waals surface area (Å²) < 4.78 is 12.7. The van der Waals surface area contributed by atoms with Crippen molar-refractivity contribution >= 4 is 17.6 Å². The van der Waals surface area contributed by atoms with Gasteiger partial charge in [0.25, 0.3) is 0 Å². The maximum Gasteiger partial charge on any atom is 0.310 e. The number of rotatable bonds is 2. The lowest BCUT2D eigenvalue weighted by Crippen LogP contribution is -2.28. The highest BCUT2D eigenvalue weighted by Gasteiger charge is 2.18. The summed E-state index contributed by atoms with van der Waals surface area (Å²) in [5, 5.41) is 3.97. The van der Waals surface area contributed by atoms with E-state index in [0.29, 0.717) is 11.9 Å². The molecule has 1 fully saturated rings. The Bertz CT molecular complexity index is 326. The van der Waals surface area contributed by atoms with E-state index >= 15 is 0 Å². The van der Waals surface area contributed by atoms with Crippen LogP contribution >= 0.6 is 11.8 Å². The van der Waals surface area contributed by atoms with Gasteiger partial charge < -0.3 is 5.32 Å². The molecule has 2 atom stereocenters. The Morgan fingerprint density at radius 2 is 2.40 bits per heavy atom. The highest BCUT2D eigenvalue weighted by Crippen LogP contribution is 2.26. The molecule has 2 heterocycles. The van der Waals surface area contributed by atoms with E-state index in [1.54, 1.807) is 6.07 Å². The lowest BCUT2D eigenvalue weighted by Gasteiger charge is -2.26. The molecule has 1 aliphatic rings. The van der Waals surface area contributed by atoms with Crippen molar-refractivity contribution in [1.29, 1.82) is 0 Å². The van der Waals surface area contributed by atoms with Crippen LogP contribution in [0.5, 0.6) is 0 Å². The highest BCUT2D eigenvalue weighted by atomic mass is 32.2. The van der Waals surface area contributed by atoms with Crippen molar-refractivity contribution in [2.45, 2.75) is 31.1 Å². The fourth-order valence-corrected chi connectivity index (χ4v) is 2.73. The third kappa shape index (κ3) is 3.06. The van der Waals surface area contributed by atoms with Crippen LogP contribution in [-0.2, 0) is 0 Å². The second-order valence-corrected chi connectivity index (χ2v) is 5.24. The Hall–Kier alpha value is -0.840. The quantitative estimate of drug-likeness (QED) is 0.787. The summed E-state index contributed by atoms with van der Waals surface area (Å²) in [5.74, 6) is 1.65. The van der Waals surface area contributed by atoms with Gasteiger partial charge in [-0.15, -0.1) is 0 Å². The van der Waals surface area contributed by atoms with Crippen LogP contribution in [0, 0.1) is 6.08 Å². The Labute approximate surface area is 92.9 Å². The van der Waals surface area contributed by atoms with Gasteiger partial charge in [-0.25, -0.2) is 4.98 Å². The van der Waals surface area contributed by atoms with E-state index < -0.39 is 6.08 Å². The first-order chi connectivity index (χ1) is 7.24. The molecule has 1 aliphatic heterocycles. The molecule has 15 heavy (non-hydrogen) atoms. The number of hydrogen-bond donors (Lipinski definition) is 1. The summed E-state index contributed by atoms with van der Waals surface area (Å²) in [5.41, 5.74) is 0. The van der Waals surface area contributed by atoms with E-state index in [4.69, 9.17) is 0 Å². The molecule has 0 aliphatic carbocycles. The first kappa shape index (κ1) is 10.7. The van der Waals surface area contributed by atoms with Gasteiger partial charge in [-0.05, 0) is 18.9 Å². The fraction of sp³-hybridized carbons (Fsp3) is 0.600. The monoisotopic (exact) mass is 227 g/mol. The third-order valence-electron chi connectivity index (χ3n) is 2.48. The molecule has 0 amide bonds. The average molecular weight is 227 g/mol. The van der Waals surface area contributed by atoms with Gasteiger partial charge in [0.15, 0.2) is 0 Å². The number of aromatic nitrogens is 2. The Balaban J connectivity index is 1.92. The normalized spacial score (nSPS) is 26.3. The maximum atomic E-state index is 12.7. The van der Waals surface area contributed by atoms with Crippen LogP contribution < -0.4 is 5.32 Å². The fourth-order valence-electron chi connectivity index (χ4n) is 1.62. The predicted octanol–water partition coefficient (Wildman–Crippen LogP) is 2.31. The predicted molar refractivity (Wildman–Crippen MR) is 60.6 cm³/mol. The van der Waals surface area contributed by atoms with Crippen LogP contribution in [0.15, 0.2) is 12.3 Å². The van der Waals surface area contributed by atoms with Gasteiger partial charge in [-0.3, -0.25) is 0 Å². The number of anilines is 1. The summed E-state index contributed by atoms with van der Waals surface area (Å²) in [6.45, 7) is 2.24. The molecule has 2 unspecified atom stereocenters. The van der Waals surface area contributed by atoms with Crippen LogP contribution in [0.2, 0.25) is 0 Å². The molecule has 82 valence electrons. The molecule has 1 aromatic rings. The first-order valence-electron chi connectivity index (χ1n) is 5.11. The summed E-state index contributed by atoms with van der Waals surface area (Å²) in [4.78, 5) is 7.11. The zero-order valence-corrected chi connectivity index (χ0v) is 9.43. The van der Waals surface area contributed by atoms with Crippen LogP contribution in [0.25, 0.3) is 0 Å². The Kier molecular flexibility index (Phi) is 3.41. The molecule has 0 saturated carbocycles. The summed E-state index contributed by atoms with van der Waals surface area (Å²) >= 11 is 1.95. The molecule has 0 radical (unpaired) electrons. The number of thioether (sulfide) groups is 1. The van der Waals surface area contributed by atoms with E-state index in [2.05, 4.69) is 22.2 Å². The summed E-state index contributed by atoms with van der Waals surface area (Å²) in [6.07, 6.45) is 3.09. The molecular formula is C10H14FN3S. The zero-order valence-electron chi connectivity index (χ0n) is 8.61. The van der Waals surface area contributed by atoms with Crippen molar-refractivity contribution in [2.24, 2.45) is 0 Å². The number of nitrogens with zero attached hydrogens (tertiary/aromatic N) is 2. The molecule has 0 aromatic carbocycles. The minimum Gasteiger partial charge on any atom is -0.366 e.